The van der Waals surface area contributed by atoms with Crippen molar-refractivity contribution >= 4 is 23.4 Å². The van der Waals surface area contributed by atoms with E-state index in [-0.39, 0.29) is 5.82 Å². The van der Waals surface area contributed by atoms with Crippen LogP contribution >= 0.6 is 0 Å². The number of carbonyl (C=O) groups excluding carboxylic acids is 1. The molecule has 0 unspecified atom stereocenters. The zero-order valence-corrected chi connectivity index (χ0v) is 13.0. The van der Waals surface area contributed by atoms with Crippen LogP contribution in [0.3, 0.4) is 0 Å². The monoisotopic (exact) mass is 345 g/mol. The normalized spacial score (nSPS) is 10.7. The number of aryl methyl sites for hydroxylation is 1. The molecule has 2 N–H and O–H groups in total. The lowest BCUT2D eigenvalue weighted by atomic mass is 10.2. The van der Waals surface area contributed by atoms with Crippen molar-refractivity contribution in [2.45, 2.75) is 6.43 Å². The van der Waals surface area contributed by atoms with Gasteiger partial charge in [-0.1, -0.05) is 0 Å². The molecule has 8 nitrogen and oxygen atoms in total. The zero-order chi connectivity index (χ0) is 17.8. The Bertz CT molecular complexity index is 880. The molecule has 0 fully saturated rings. The second kappa shape index (κ2) is 6.99. The van der Waals surface area contributed by atoms with Crippen LogP contribution in [-0.2, 0) is 11.8 Å². The maximum absolute atomic E-state index is 12.2. The van der Waals surface area contributed by atoms with Gasteiger partial charge in [-0.05, 0) is 18.2 Å². The van der Waals surface area contributed by atoms with Crippen LogP contribution in [0.4, 0.5) is 26.2 Å². The van der Waals surface area contributed by atoms with E-state index in [0.717, 1.165) is 5.69 Å². The number of nitrogens with one attached hydrogen (secondary N) is 2. The second-order valence-electron chi connectivity index (χ2n) is 5.02. The van der Waals surface area contributed by atoms with Crippen molar-refractivity contribution in [2.24, 2.45) is 7.05 Å². The third-order valence-corrected chi connectivity index (χ3v) is 3.13. The van der Waals surface area contributed by atoms with E-state index in [0.29, 0.717) is 17.2 Å². The Morgan fingerprint density at radius 3 is 2.68 bits per heavy atom. The fourth-order valence-corrected chi connectivity index (χ4v) is 1.99. The van der Waals surface area contributed by atoms with Gasteiger partial charge >= 0.3 is 6.43 Å². The molecule has 1 amide bonds. The van der Waals surface area contributed by atoms with Crippen LogP contribution in [0.25, 0.3) is 11.3 Å². The minimum Gasteiger partial charge on any atom is -0.321 e. The molecule has 0 spiro atoms. The van der Waals surface area contributed by atoms with Gasteiger partial charge in [0.05, 0.1) is 17.6 Å². The van der Waals surface area contributed by atoms with Gasteiger partial charge in [0.25, 0.3) is 5.91 Å². The maximum atomic E-state index is 12.2. The van der Waals surface area contributed by atoms with Gasteiger partial charge in [0.2, 0.25) is 5.95 Å². The molecule has 25 heavy (non-hydrogen) atoms. The minimum absolute atomic E-state index is 0.0387. The van der Waals surface area contributed by atoms with Crippen molar-refractivity contribution in [3.8, 4) is 11.3 Å². The first-order chi connectivity index (χ1) is 12.0. The van der Waals surface area contributed by atoms with Gasteiger partial charge in [-0.15, -0.1) is 0 Å². The van der Waals surface area contributed by atoms with Crippen LogP contribution in [0.15, 0.2) is 43.0 Å². The van der Waals surface area contributed by atoms with Crippen molar-refractivity contribution in [1.29, 1.82) is 0 Å². The van der Waals surface area contributed by atoms with Gasteiger partial charge in [0.15, 0.2) is 0 Å². The van der Waals surface area contributed by atoms with Crippen LogP contribution in [-0.4, -0.2) is 37.1 Å². The van der Waals surface area contributed by atoms with E-state index in [1.165, 1.54) is 12.3 Å². The van der Waals surface area contributed by atoms with E-state index in [1.807, 2.05) is 5.32 Å². The van der Waals surface area contributed by atoms with Crippen LogP contribution in [0.5, 0.6) is 0 Å². The minimum atomic E-state index is -3.09. The predicted molar refractivity (Wildman–Crippen MR) is 86.4 cm³/mol. The zero-order valence-electron chi connectivity index (χ0n) is 13.0. The first-order valence-corrected chi connectivity index (χ1v) is 7.15. The Kier molecular flexibility index (Phi) is 4.59. The molecule has 0 aromatic carbocycles. The van der Waals surface area contributed by atoms with Gasteiger partial charge in [0.1, 0.15) is 5.82 Å². The van der Waals surface area contributed by atoms with Gasteiger partial charge in [0, 0.05) is 31.2 Å². The summed E-state index contributed by atoms with van der Waals surface area (Å²) in [4.78, 5) is 23.4. The number of halogens is 2. The van der Waals surface area contributed by atoms with Crippen molar-refractivity contribution in [3.63, 3.8) is 0 Å². The van der Waals surface area contributed by atoms with Crippen molar-refractivity contribution in [3.05, 3.63) is 43.0 Å². The maximum Gasteiger partial charge on any atom is 0.315 e. The van der Waals surface area contributed by atoms with Crippen LogP contribution in [0.2, 0.25) is 0 Å². The average molecular weight is 345 g/mol. The van der Waals surface area contributed by atoms with E-state index in [9.17, 15) is 13.6 Å². The van der Waals surface area contributed by atoms with E-state index in [4.69, 9.17) is 0 Å². The molecule has 0 saturated heterocycles. The molecule has 10 heteroatoms. The standard InChI is InChI=1S/C15H13F2N7O/c1-24-8-10(7-20-24)21-15-18-5-4-11(22-15)9-2-3-12(19-6-9)23-14(25)13(16)17/h2-8,13H,1H3,(H,18,21,22)(H,19,23,25). The molecule has 0 aliphatic rings. The number of alkyl halides is 2. The molecule has 0 saturated carbocycles. The van der Waals surface area contributed by atoms with Crippen LogP contribution in [0, 0.1) is 0 Å². The number of hydrogen-bond acceptors (Lipinski definition) is 6. The molecule has 3 rings (SSSR count). The number of aromatic nitrogens is 5. The molecule has 0 bridgehead atoms. The molecule has 128 valence electrons. The lowest BCUT2D eigenvalue weighted by molar-refractivity contribution is -0.126. The Hall–Kier alpha value is -3.43. The molecular weight excluding hydrogens is 332 g/mol. The van der Waals surface area contributed by atoms with Crippen molar-refractivity contribution in [2.75, 3.05) is 10.6 Å². The summed E-state index contributed by atoms with van der Waals surface area (Å²) in [6.45, 7) is 0. The highest BCUT2D eigenvalue weighted by Gasteiger charge is 2.15. The van der Waals surface area contributed by atoms with Crippen LogP contribution < -0.4 is 10.6 Å². The number of carbonyl (C=O) groups is 1. The SMILES string of the molecule is Cn1cc(Nc2nccc(-c3ccc(NC(=O)C(F)F)nc3)n2)cn1. The van der Waals surface area contributed by atoms with E-state index in [2.05, 4.69) is 25.4 Å². The smallest absolute Gasteiger partial charge is 0.315 e. The number of pyridine rings is 1. The van der Waals surface area contributed by atoms with E-state index in [1.54, 1.807) is 42.5 Å². The number of rotatable bonds is 5. The quantitative estimate of drug-likeness (QED) is 0.736. The molecule has 3 heterocycles. The van der Waals surface area contributed by atoms with Gasteiger partial charge in [-0.25, -0.2) is 15.0 Å². The number of amides is 1. The molecule has 0 atom stereocenters. The molecular formula is C15H13F2N7O. The van der Waals surface area contributed by atoms with Crippen molar-refractivity contribution < 1.29 is 13.6 Å². The Morgan fingerprint density at radius 2 is 2.04 bits per heavy atom. The lowest BCUT2D eigenvalue weighted by Gasteiger charge is -2.06. The van der Waals surface area contributed by atoms with Crippen LogP contribution in [0.1, 0.15) is 0 Å². The summed E-state index contributed by atoms with van der Waals surface area (Å²) in [5.74, 6) is -0.984. The van der Waals surface area contributed by atoms with Crippen molar-refractivity contribution in [1.82, 2.24) is 24.7 Å². The Labute approximate surface area is 140 Å². The summed E-state index contributed by atoms with van der Waals surface area (Å²) in [6.07, 6.45) is 3.32. The summed E-state index contributed by atoms with van der Waals surface area (Å²) in [5, 5.41) is 9.07. The fraction of sp³-hybridized carbons (Fsp3) is 0.133. The average Bonchev–Trinajstić information content (AvgIpc) is 3.00. The number of hydrogen-bond donors (Lipinski definition) is 2. The molecule has 0 aliphatic heterocycles. The highest BCUT2D eigenvalue weighted by molar-refractivity contribution is 5.92. The second-order valence-corrected chi connectivity index (χ2v) is 5.02. The van der Waals surface area contributed by atoms with Gasteiger partial charge < -0.3 is 10.6 Å². The molecule has 0 radical (unpaired) electrons. The Morgan fingerprint density at radius 1 is 1.20 bits per heavy atom. The summed E-state index contributed by atoms with van der Waals surface area (Å²) < 4.78 is 26.1. The molecule has 0 aliphatic carbocycles. The first kappa shape index (κ1) is 16.4. The summed E-state index contributed by atoms with van der Waals surface area (Å²) in [5.41, 5.74) is 1.97. The Balaban J connectivity index is 1.75. The lowest BCUT2D eigenvalue weighted by Crippen LogP contribution is -2.20. The van der Waals surface area contributed by atoms with Gasteiger partial charge in [-0.2, -0.15) is 13.9 Å². The topological polar surface area (TPSA) is 97.6 Å². The third-order valence-electron chi connectivity index (χ3n) is 3.13. The molecule has 3 aromatic heterocycles. The third kappa shape index (κ3) is 4.10. The highest BCUT2D eigenvalue weighted by atomic mass is 19.3. The first-order valence-electron chi connectivity index (χ1n) is 7.15. The largest absolute Gasteiger partial charge is 0.321 e. The highest BCUT2D eigenvalue weighted by Crippen LogP contribution is 2.19. The summed E-state index contributed by atoms with van der Waals surface area (Å²) in [7, 11) is 1.79. The summed E-state index contributed by atoms with van der Waals surface area (Å²) in [6, 6.07) is 4.72. The van der Waals surface area contributed by atoms with E-state index < -0.39 is 12.3 Å². The van der Waals surface area contributed by atoms with E-state index >= 15 is 0 Å². The van der Waals surface area contributed by atoms with Gasteiger partial charge in [-0.3, -0.25) is 9.48 Å². The molecule has 3 aromatic rings. The fourth-order valence-electron chi connectivity index (χ4n) is 1.99. The summed E-state index contributed by atoms with van der Waals surface area (Å²) >= 11 is 0. The number of anilines is 3. The number of nitrogens with zero attached hydrogens (tertiary/aromatic N) is 5. The predicted octanol–water partition coefficient (Wildman–Crippen LogP) is 2.22.